The van der Waals surface area contributed by atoms with Gasteiger partial charge in [0.2, 0.25) is 5.91 Å². The monoisotopic (exact) mass is 474 g/mol. The van der Waals surface area contributed by atoms with Gasteiger partial charge in [-0.15, -0.1) is 0 Å². The molecule has 34 heavy (non-hydrogen) atoms. The Morgan fingerprint density at radius 2 is 1.88 bits per heavy atom. The largest absolute Gasteiger partial charge is 0.493 e. The normalized spacial score (nSPS) is 15.0. The Morgan fingerprint density at radius 1 is 1.15 bits per heavy atom. The summed E-state index contributed by atoms with van der Waals surface area (Å²) in [4.78, 5) is 25.2. The molecule has 1 aliphatic heterocycles. The van der Waals surface area contributed by atoms with Crippen LogP contribution in [0.2, 0.25) is 0 Å². The summed E-state index contributed by atoms with van der Waals surface area (Å²) in [5, 5.41) is 9.62. The molecular weight excluding hydrogens is 453 g/mol. The van der Waals surface area contributed by atoms with Crippen molar-refractivity contribution in [3.63, 3.8) is 0 Å². The van der Waals surface area contributed by atoms with E-state index in [0.717, 1.165) is 17.7 Å². The molecule has 2 N–H and O–H groups in total. The number of carbonyl (C=O) groups is 2. The number of nitrogens with zero attached hydrogens (tertiary/aromatic N) is 2. The summed E-state index contributed by atoms with van der Waals surface area (Å²) in [5.41, 5.74) is 1.11. The van der Waals surface area contributed by atoms with Gasteiger partial charge in [0.05, 0.1) is 31.9 Å². The number of nitrogens with one attached hydrogen (secondary N) is 2. The third-order valence-electron chi connectivity index (χ3n) is 5.45. The van der Waals surface area contributed by atoms with E-state index < -0.39 is 29.6 Å². The summed E-state index contributed by atoms with van der Waals surface area (Å²) in [6.07, 6.45) is -4.84. The Balaban J connectivity index is 1.58. The molecule has 0 aliphatic carbocycles. The smallest absolute Gasteiger partial charge is 0.416 e. The van der Waals surface area contributed by atoms with Gasteiger partial charge in [-0.25, -0.2) is 4.68 Å². The van der Waals surface area contributed by atoms with Crippen LogP contribution in [-0.2, 0) is 15.8 Å². The topological polar surface area (TPSA) is 94.5 Å². The first-order valence-corrected chi connectivity index (χ1v) is 10.2. The second-order valence-corrected chi connectivity index (χ2v) is 7.66. The third kappa shape index (κ3) is 4.28. The summed E-state index contributed by atoms with van der Waals surface area (Å²) < 4.78 is 50.8. The van der Waals surface area contributed by atoms with Crippen LogP contribution in [0.4, 0.5) is 24.7 Å². The molecule has 0 fully saturated rings. The molecule has 1 aromatic heterocycles. The summed E-state index contributed by atoms with van der Waals surface area (Å²) in [7, 11) is 3.04. The molecule has 178 valence electrons. The van der Waals surface area contributed by atoms with Crippen molar-refractivity contribution in [2.45, 2.75) is 25.6 Å². The fourth-order valence-corrected chi connectivity index (χ4v) is 3.88. The Labute approximate surface area is 192 Å². The molecule has 2 heterocycles. The minimum absolute atomic E-state index is 0.0129. The van der Waals surface area contributed by atoms with E-state index in [1.807, 2.05) is 0 Å². The quantitative estimate of drug-likeness (QED) is 0.552. The molecule has 0 bridgehead atoms. The van der Waals surface area contributed by atoms with Crippen molar-refractivity contribution in [1.29, 1.82) is 0 Å². The van der Waals surface area contributed by atoms with E-state index in [2.05, 4.69) is 15.7 Å². The lowest BCUT2D eigenvalue weighted by atomic mass is 10.1. The van der Waals surface area contributed by atoms with Gasteiger partial charge < -0.3 is 20.1 Å². The van der Waals surface area contributed by atoms with Crippen LogP contribution in [-0.4, -0.2) is 35.8 Å². The second-order valence-electron chi connectivity index (χ2n) is 7.66. The number of amides is 2. The summed E-state index contributed by atoms with van der Waals surface area (Å²) in [6.45, 7) is 1.77. The van der Waals surface area contributed by atoms with E-state index in [-0.39, 0.29) is 12.1 Å². The van der Waals surface area contributed by atoms with Crippen LogP contribution in [0.15, 0.2) is 42.5 Å². The molecule has 2 aromatic carbocycles. The third-order valence-corrected chi connectivity index (χ3v) is 5.45. The summed E-state index contributed by atoms with van der Waals surface area (Å²) in [5.74, 6) is 0.407. The van der Waals surface area contributed by atoms with Crippen LogP contribution in [0.5, 0.6) is 11.5 Å². The first kappa shape index (κ1) is 23.1. The molecule has 1 unspecified atom stereocenters. The zero-order valence-electron chi connectivity index (χ0n) is 18.5. The number of aromatic nitrogens is 2. The van der Waals surface area contributed by atoms with E-state index in [1.54, 1.807) is 25.1 Å². The van der Waals surface area contributed by atoms with Gasteiger partial charge in [0, 0.05) is 11.3 Å². The summed E-state index contributed by atoms with van der Waals surface area (Å²) in [6, 6.07) is 8.63. The lowest BCUT2D eigenvalue weighted by molar-refractivity contribution is -0.137. The van der Waals surface area contributed by atoms with E-state index in [1.165, 1.54) is 31.0 Å². The molecule has 0 saturated carbocycles. The number of benzene rings is 2. The van der Waals surface area contributed by atoms with Gasteiger partial charge in [0.25, 0.3) is 5.91 Å². The number of methoxy groups -OCH3 is 2. The van der Waals surface area contributed by atoms with Gasteiger partial charge in [-0.1, -0.05) is 12.1 Å². The highest BCUT2D eigenvalue weighted by atomic mass is 19.4. The van der Waals surface area contributed by atoms with Crippen LogP contribution in [0, 0.1) is 6.92 Å². The van der Waals surface area contributed by atoms with Crippen LogP contribution in [0.25, 0.3) is 11.1 Å². The van der Waals surface area contributed by atoms with Crippen LogP contribution in [0.1, 0.15) is 23.7 Å². The Morgan fingerprint density at radius 3 is 2.56 bits per heavy atom. The maximum Gasteiger partial charge on any atom is 0.416 e. The maximum atomic E-state index is 12.9. The lowest BCUT2D eigenvalue weighted by Crippen LogP contribution is -2.24. The Bertz CT molecular complexity index is 1270. The van der Waals surface area contributed by atoms with E-state index in [9.17, 15) is 22.8 Å². The highest BCUT2D eigenvalue weighted by Crippen LogP contribution is 2.41. The summed E-state index contributed by atoms with van der Waals surface area (Å²) >= 11 is 0. The predicted octanol–water partition coefficient (Wildman–Crippen LogP) is 4.42. The fourth-order valence-electron chi connectivity index (χ4n) is 3.88. The number of hydrogen-bond donors (Lipinski definition) is 2. The molecule has 0 saturated heterocycles. The van der Waals surface area contributed by atoms with Crippen molar-refractivity contribution >= 4 is 23.3 Å². The van der Waals surface area contributed by atoms with Crippen molar-refractivity contribution in [3.05, 3.63) is 53.7 Å². The molecule has 4 rings (SSSR count). The standard InChI is InChI=1S/C23H21F3N4O4/c1-12-20(13-7-8-17(33-2)18(9-13)34-3)21-28-22(32)16(30(21)29-12)11-19(31)27-15-6-4-5-14(10-15)23(24,25)26/h4-10,16H,11H2,1-3H3,(H,27,31)(H,28,32). The maximum absolute atomic E-state index is 12.9. The van der Waals surface area contributed by atoms with Crippen molar-refractivity contribution < 1.29 is 32.2 Å². The second kappa shape index (κ2) is 8.73. The van der Waals surface area contributed by atoms with Crippen molar-refractivity contribution in [2.24, 2.45) is 0 Å². The van der Waals surface area contributed by atoms with E-state index >= 15 is 0 Å². The Hall–Kier alpha value is -4.02. The molecule has 11 heteroatoms. The molecule has 0 spiro atoms. The number of anilines is 2. The molecule has 8 nitrogen and oxygen atoms in total. The fraction of sp³-hybridized carbons (Fsp3) is 0.261. The highest BCUT2D eigenvalue weighted by Gasteiger charge is 2.37. The number of ether oxygens (including phenoxy) is 2. The van der Waals surface area contributed by atoms with Gasteiger partial charge in [-0.3, -0.25) is 9.59 Å². The van der Waals surface area contributed by atoms with Gasteiger partial charge in [0.15, 0.2) is 11.5 Å². The number of rotatable bonds is 6. The number of fused-ring (bicyclic) bond motifs is 1. The molecular formula is C23H21F3N4O4. The number of carbonyl (C=O) groups excluding carboxylic acids is 2. The number of halogens is 3. The van der Waals surface area contributed by atoms with Crippen LogP contribution in [0.3, 0.4) is 0 Å². The number of alkyl halides is 3. The molecule has 1 aliphatic rings. The van der Waals surface area contributed by atoms with Gasteiger partial charge in [-0.05, 0) is 42.8 Å². The molecule has 0 radical (unpaired) electrons. The zero-order valence-corrected chi connectivity index (χ0v) is 18.5. The number of aryl methyl sites for hydroxylation is 1. The van der Waals surface area contributed by atoms with Crippen LogP contribution < -0.4 is 20.1 Å². The van der Waals surface area contributed by atoms with Gasteiger partial charge in [-0.2, -0.15) is 18.3 Å². The van der Waals surface area contributed by atoms with E-state index in [4.69, 9.17) is 9.47 Å². The lowest BCUT2D eigenvalue weighted by Gasteiger charge is -2.12. The minimum Gasteiger partial charge on any atom is -0.493 e. The first-order chi connectivity index (χ1) is 16.1. The van der Waals surface area contributed by atoms with Crippen molar-refractivity contribution in [2.75, 3.05) is 24.9 Å². The van der Waals surface area contributed by atoms with Gasteiger partial charge in [0.1, 0.15) is 11.9 Å². The zero-order chi connectivity index (χ0) is 24.6. The van der Waals surface area contributed by atoms with Gasteiger partial charge >= 0.3 is 6.18 Å². The highest BCUT2D eigenvalue weighted by molar-refractivity contribution is 6.04. The number of hydrogen-bond acceptors (Lipinski definition) is 5. The average Bonchev–Trinajstić information content (AvgIpc) is 3.26. The van der Waals surface area contributed by atoms with Crippen LogP contribution >= 0.6 is 0 Å². The molecule has 2 amide bonds. The minimum atomic E-state index is -4.53. The average molecular weight is 474 g/mol. The predicted molar refractivity (Wildman–Crippen MR) is 118 cm³/mol. The van der Waals surface area contributed by atoms with Crippen molar-refractivity contribution in [1.82, 2.24) is 9.78 Å². The molecule has 3 aromatic rings. The Kier molecular flexibility index (Phi) is 5.94. The first-order valence-electron chi connectivity index (χ1n) is 10.2. The van der Waals surface area contributed by atoms with E-state index in [0.29, 0.717) is 28.6 Å². The molecule has 1 atom stereocenters. The van der Waals surface area contributed by atoms with Crippen molar-refractivity contribution in [3.8, 4) is 22.6 Å². The SMILES string of the molecule is COc1ccc(-c2c(C)nn3c2NC(=O)C3CC(=O)Nc2cccc(C(F)(F)F)c2)cc1OC.